The number of anilines is 1. The number of hydrogen-bond acceptors (Lipinski definition) is 3. The molecule has 2 N–H and O–H groups in total. The Morgan fingerprint density at radius 2 is 1.82 bits per heavy atom. The molecule has 0 heterocycles. The van der Waals surface area contributed by atoms with Gasteiger partial charge in [0.15, 0.2) is 9.84 Å². The van der Waals surface area contributed by atoms with Crippen molar-refractivity contribution >= 4 is 33.2 Å². The van der Waals surface area contributed by atoms with Crippen LogP contribution in [-0.4, -0.2) is 20.7 Å². The molecular formula is C15H15ClN2O3S. The van der Waals surface area contributed by atoms with Crippen LogP contribution in [0, 0.1) is 0 Å². The number of sulfone groups is 1. The number of nitrogens with one attached hydrogen (secondary N) is 2. The highest BCUT2D eigenvalue weighted by molar-refractivity contribution is 7.90. The zero-order valence-electron chi connectivity index (χ0n) is 11.8. The average Bonchev–Trinajstić information content (AvgIpc) is 2.45. The Hall–Kier alpha value is -2.05. The molecule has 2 aromatic rings. The summed E-state index contributed by atoms with van der Waals surface area (Å²) in [6, 6.07) is 12.8. The highest BCUT2D eigenvalue weighted by Crippen LogP contribution is 2.14. The van der Waals surface area contributed by atoms with E-state index in [1.54, 1.807) is 36.4 Å². The van der Waals surface area contributed by atoms with Gasteiger partial charge in [-0.15, -0.1) is 0 Å². The van der Waals surface area contributed by atoms with Crippen molar-refractivity contribution in [2.75, 3.05) is 11.6 Å². The lowest BCUT2D eigenvalue weighted by molar-refractivity contribution is 0.251. The zero-order chi connectivity index (χ0) is 16.2. The number of rotatable bonds is 4. The standard InChI is InChI=1S/C15H15ClN2O3S/c1-22(20,21)14-7-5-11(6-8-14)10-17-15(19)18-13-4-2-3-12(16)9-13/h2-9H,10H2,1H3,(H2,17,18,19). The molecule has 7 heteroatoms. The van der Waals surface area contributed by atoms with E-state index in [0.717, 1.165) is 11.8 Å². The van der Waals surface area contributed by atoms with Gasteiger partial charge in [-0.05, 0) is 35.9 Å². The van der Waals surface area contributed by atoms with Gasteiger partial charge in [-0.25, -0.2) is 13.2 Å². The van der Waals surface area contributed by atoms with Crippen molar-refractivity contribution in [3.63, 3.8) is 0 Å². The van der Waals surface area contributed by atoms with Gasteiger partial charge in [0.25, 0.3) is 0 Å². The molecule has 0 spiro atoms. The first kappa shape index (κ1) is 16.3. The Morgan fingerprint density at radius 1 is 1.14 bits per heavy atom. The Morgan fingerprint density at radius 3 is 2.41 bits per heavy atom. The molecule has 0 aliphatic rings. The van der Waals surface area contributed by atoms with Gasteiger partial charge in [-0.1, -0.05) is 29.8 Å². The van der Waals surface area contributed by atoms with Crippen molar-refractivity contribution in [2.45, 2.75) is 11.4 Å². The van der Waals surface area contributed by atoms with Crippen molar-refractivity contribution in [1.29, 1.82) is 0 Å². The summed E-state index contributed by atoms with van der Waals surface area (Å²) in [6.07, 6.45) is 1.15. The minimum Gasteiger partial charge on any atom is -0.334 e. The number of benzene rings is 2. The first-order valence-corrected chi connectivity index (χ1v) is 8.71. The molecule has 0 aromatic heterocycles. The fourth-order valence-corrected chi connectivity index (χ4v) is 2.60. The van der Waals surface area contributed by atoms with Crippen molar-refractivity contribution in [2.24, 2.45) is 0 Å². The van der Waals surface area contributed by atoms with Gasteiger partial charge in [-0.2, -0.15) is 0 Å². The number of amides is 2. The Balaban J connectivity index is 1.91. The lowest BCUT2D eigenvalue weighted by Gasteiger charge is -2.08. The molecule has 5 nitrogen and oxygen atoms in total. The molecule has 2 rings (SSSR count). The van der Waals surface area contributed by atoms with Gasteiger partial charge in [0.05, 0.1) is 4.90 Å². The monoisotopic (exact) mass is 338 g/mol. The maximum atomic E-state index is 11.8. The molecule has 2 aromatic carbocycles. The Kier molecular flexibility index (Phi) is 5.05. The molecule has 0 atom stereocenters. The lowest BCUT2D eigenvalue weighted by Crippen LogP contribution is -2.28. The first-order chi connectivity index (χ1) is 10.3. The maximum absolute atomic E-state index is 11.8. The molecule has 2 amide bonds. The van der Waals surface area contributed by atoms with Gasteiger partial charge in [0, 0.05) is 23.5 Å². The summed E-state index contributed by atoms with van der Waals surface area (Å²) >= 11 is 5.83. The second-order valence-electron chi connectivity index (χ2n) is 4.73. The summed E-state index contributed by atoms with van der Waals surface area (Å²) in [6.45, 7) is 0.288. The molecule has 0 aliphatic heterocycles. The molecule has 22 heavy (non-hydrogen) atoms. The molecule has 0 fully saturated rings. The van der Waals surface area contributed by atoms with E-state index in [1.165, 1.54) is 12.1 Å². The largest absolute Gasteiger partial charge is 0.334 e. The number of carbonyl (C=O) groups excluding carboxylic acids is 1. The van der Waals surface area contributed by atoms with Crippen LogP contribution in [0.15, 0.2) is 53.4 Å². The predicted octanol–water partition coefficient (Wildman–Crippen LogP) is 3.07. The minimum absolute atomic E-state index is 0.250. The van der Waals surface area contributed by atoms with Crippen LogP contribution in [0.2, 0.25) is 5.02 Å². The normalized spacial score (nSPS) is 11.0. The van der Waals surface area contributed by atoms with Gasteiger partial charge < -0.3 is 10.6 Å². The van der Waals surface area contributed by atoms with Gasteiger partial charge >= 0.3 is 6.03 Å². The van der Waals surface area contributed by atoms with E-state index in [4.69, 9.17) is 11.6 Å². The van der Waals surface area contributed by atoms with Crippen molar-refractivity contribution in [1.82, 2.24) is 5.32 Å². The van der Waals surface area contributed by atoms with E-state index in [-0.39, 0.29) is 17.5 Å². The minimum atomic E-state index is -3.21. The number of hydrogen-bond donors (Lipinski definition) is 2. The van der Waals surface area contributed by atoms with E-state index >= 15 is 0 Å². The van der Waals surface area contributed by atoms with E-state index < -0.39 is 9.84 Å². The second-order valence-corrected chi connectivity index (χ2v) is 7.19. The predicted molar refractivity (Wildman–Crippen MR) is 86.9 cm³/mol. The van der Waals surface area contributed by atoms with E-state index in [2.05, 4.69) is 10.6 Å². The van der Waals surface area contributed by atoms with Crippen LogP contribution < -0.4 is 10.6 Å². The summed E-state index contributed by atoms with van der Waals surface area (Å²) in [5, 5.41) is 5.88. The van der Waals surface area contributed by atoms with Crippen LogP contribution in [0.25, 0.3) is 0 Å². The van der Waals surface area contributed by atoms with E-state index in [1.807, 2.05) is 0 Å². The summed E-state index contributed by atoms with van der Waals surface area (Å²) in [4.78, 5) is 12.0. The third-order valence-corrected chi connectivity index (χ3v) is 4.25. The topological polar surface area (TPSA) is 75.3 Å². The Labute approximate surface area is 134 Å². The highest BCUT2D eigenvalue weighted by atomic mass is 35.5. The van der Waals surface area contributed by atoms with E-state index in [9.17, 15) is 13.2 Å². The van der Waals surface area contributed by atoms with Crippen molar-refractivity contribution in [3.8, 4) is 0 Å². The van der Waals surface area contributed by atoms with Crippen LogP contribution in [0.5, 0.6) is 0 Å². The number of carbonyl (C=O) groups is 1. The highest BCUT2D eigenvalue weighted by Gasteiger charge is 2.07. The van der Waals surface area contributed by atoms with Gasteiger partial charge in [0.2, 0.25) is 0 Å². The third kappa shape index (κ3) is 4.75. The van der Waals surface area contributed by atoms with Gasteiger partial charge in [-0.3, -0.25) is 0 Å². The number of halogens is 1. The van der Waals surface area contributed by atoms with E-state index in [0.29, 0.717) is 10.7 Å². The Bertz CT molecular complexity index is 774. The summed E-state index contributed by atoms with van der Waals surface area (Å²) in [5.41, 5.74) is 1.39. The van der Waals surface area contributed by atoms with Crippen LogP contribution in [0.3, 0.4) is 0 Å². The maximum Gasteiger partial charge on any atom is 0.319 e. The van der Waals surface area contributed by atoms with Crippen LogP contribution in [-0.2, 0) is 16.4 Å². The molecule has 0 aliphatic carbocycles. The lowest BCUT2D eigenvalue weighted by atomic mass is 10.2. The molecule has 0 saturated carbocycles. The molecule has 0 saturated heterocycles. The quantitative estimate of drug-likeness (QED) is 0.899. The van der Waals surface area contributed by atoms with Crippen LogP contribution in [0.1, 0.15) is 5.56 Å². The average molecular weight is 339 g/mol. The summed E-state index contributed by atoms with van der Waals surface area (Å²) < 4.78 is 22.7. The fraction of sp³-hybridized carbons (Fsp3) is 0.133. The molecule has 0 bridgehead atoms. The molecule has 0 unspecified atom stereocenters. The SMILES string of the molecule is CS(=O)(=O)c1ccc(CNC(=O)Nc2cccc(Cl)c2)cc1. The summed E-state index contributed by atoms with van der Waals surface area (Å²) in [7, 11) is -3.21. The van der Waals surface area contributed by atoms with Crippen molar-refractivity contribution < 1.29 is 13.2 Å². The summed E-state index contributed by atoms with van der Waals surface area (Å²) in [5.74, 6) is 0. The van der Waals surface area contributed by atoms with Gasteiger partial charge in [0.1, 0.15) is 0 Å². The fourth-order valence-electron chi connectivity index (χ4n) is 1.78. The first-order valence-electron chi connectivity index (χ1n) is 6.44. The van der Waals surface area contributed by atoms with Crippen LogP contribution in [0.4, 0.5) is 10.5 Å². The number of urea groups is 1. The molecule has 116 valence electrons. The second kappa shape index (κ2) is 6.81. The van der Waals surface area contributed by atoms with Crippen molar-refractivity contribution in [3.05, 3.63) is 59.1 Å². The van der Waals surface area contributed by atoms with Crippen LogP contribution >= 0.6 is 11.6 Å². The molecular weight excluding hydrogens is 324 g/mol. The zero-order valence-corrected chi connectivity index (χ0v) is 13.4. The molecule has 0 radical (unpaired) electrons. The smallest absolute Gasteiger partial charge is 0.319 e. The third-order valence-electron chi connectivity index (χ3n) is 2.89.